The zero-order valence-electron chi connectivity index (χ0n) is 15.4. The third-order valence-electron chi connectivity index (χ3n) is 4.54. The Labute approximate surface area is 150 Å². The van der Waals surface area contributed by atoms with E-state index >= 15 is 0 Å². The molecule has 0 atom stereocenters. The van der Waals surface area contributed by atoms with Gasteiger partial charge in [-0.1, -0.05) is 13.8 Å². The SMILES string of the molecule is CCN(CC)S(=O)(=O)c1ccc(OC)c(C(=O)N2CCN(C)CC2)c1. The van der Waals surface area contributed by atoms with Gasteiger partial charge in [-0.25, -0.2) is 8.42 Å². The number of methoxy groups -OCH3 is 1. The van der Waals surface area contributed by atoms with Crippen LogP contribution < -0.4 is 4.74 Å². The Balaban J connectivity index is 2.39. The molecule has 0 aromatic heterocycles. The third-order valence-corrected chi connectivity index (χ3v) is 6.58. The minimum Gasteiger partial charge on any atom is -0.496 e. The maximum Gasteiger partial charge on any atom is 0.257 e. The van der Waals surface area contributed by atoms with Crippen LogP contribution in [0.5, 0.6) is 5.75 Å². The monoisotopic (exact) mass is 369 g/mol. The number of amides is 1. The Morgan fingerprint density at radius 2 is 1.76 bits per heavy atom. The molecule has 1 aromatic carbocycles. The Morgan fingerprint density at radius 1 is 1.16 bits per heavy atom. The van der Waals surface area contributed by atoms with Crippen molar-refractivity contribution >= 4 is 15.9 Å². The summed E-state index contributed by atoms with van der Waals surface area (Å²) in [6, 6.07) is 4.49. The van der Waals surface area contributed by atoms with E-state index in [2.05, 4.69) is 4.90 Å². The molecule has 1 aliphatic rings. The lowest BCUT2D eigenvalue weighted by Gasteiger charge is -2.32. The molecule has 0 unspecified atom stereocenters. The summed E-state index contributed by atoms with van der Waals surface area (Å²) < 4.78 is 32.2. The van der Waals surface area contributed by atoms with Crippen molar-refractivity contribution in [1.29, 1.82) is 0 Å². The quantitative estimate of drug-likeness (QED) is 0.751. The van der Waals surface area contributed by atoms with Gasteiger partial charge in [-0.15, -0.1) is 0 Å². The lowest BCUT2D eigenvalue weighted by atomic mass is 10.1. The average Bonchev–Trinajstić information content (AvgIpc) is 2.62. The van der Waals surface area contributed by atoms with E-state index in [4.69, 9.17) is 4.74 Å². The molecule has 1 aliphatic heterocycles. The van der Waals surface area contributed by atoms with Gasteiger partial charge in [0.05, 0.1) is 17.6 Å². The Kier molecular flexibility index (Phi) is 6.42. The fourth-order valence-corrected chi connectivity index (χ4v) is 4.39. The van der Waals surface area contributed by atoms with E-state index in [0.29, 0.717) is 37.5 Å². The van der Waals surface area contributed by atoms with Gasteiger partial charge >= 0.3 is 0 Å². The summed E-state index contributed by atoms with van der Waals surface area (Å²) in [4.78, 5) is 16.9. The van der Waals surface area contributed by atoms with Crippen molar-refractivity contribution in [3.8, 4) is 5.75 Å². The van der Waals surface area contributed by atoms with Crippen molar-refractivity contribution in [2.75, 3.05) is 53.4 Å². The Bertz CT molecular complexity index is 709. The highest BCUT2D eigenvalue weighted by Gasteiger charge is 2.27. The highest BCUT2D eigenvalue weighted by atomic mass is 32.2. The van der Waals surface area contributed by atoms with Crippen molar-refractivity contribution in [1.82, 2.24) is 14.1 Å². The molecular formula is C17H27N3O4S. The standard InChI is InChI=1S/C17H27N3O4S/c1-5-20(6-2)25(22,23)14-7-8-16(24-4)15(13-14)17(21)19-11-9-18(3)10-12-19/h7-8,13H,5-6,9-12H2,1-4H3. The first kappa shape index (κ1) is 19.7. The topological polar surface area (TPSA) is 70.2 Å². The van der Waals surface area contributed by atoms with Crippen molar-refractivity contribution < 1.29 is 17.9 Å². The van der Waals surface area contributed by atoms with Crippen molar-refractivity contribution in [2.45, 2.75) is 18.7 Å². The number of hydrogen-bond acceptors (Lipinski definition) is 5. The number of likely N-dealkylation sites (N-methyl/N-ethyl adjacent to an activating group) is 1. The van der Waals surface area contributed by atoms with Crippen LogP contribution in [0.15, 0.2) is 23.1 Å². The molecule has 1 saturated heterocycles. The van der Waals surface area contributed by atoms with Gasteiger partial charge in [-0.2, -0.15) is 4.31 Å². The molecule has 0 aliphatic carbocycles. The van der Waals surface area contributed by atoms with Crippen LogP contribution in [0, 0.1) is 0 Å². The van der Waals surface area contributed by atoms with Crippen molar-refractivity contribution in [3.63, 3.8) is 0 Å². The second-order valence-corrected chi connectivity index (χ2v) is 7.98. The summed E-state index contributed by atoms with van der Waals surface area (Å²) in [7, 11) is -0.129. The zero-order chi connectivity index (χ0) is 18.6. The molecule has 140 valence electrons. The van der Waals surface area contributed by atoms with E-state index in [0.717, 1.165) is 13.1 Å². The van der Waals surface area contributed by atoms with Crippen LogP contribution in [0.3, 0.4) is 0 Å². The molecule has 0 N–H and O–H groups in total. The summed E-state index contributed by atoms with van der Waals surface area (Å²) >= 11 is 0. The number of rotatable bonds is 6. The molecule has 25 heavy (non-hydrogen) atoms. The minimum absolute atomic E-state index is 0.120. The molecule has 1 fully saturated rings. The Morgan fingerprint density at radius 3 is 2.28 bits per heavy atom. The van der Waals surface area contributed by atoms with Gasteiger partial charge in [-0.3, -0.25) is 4.79 Å². The van der Waals surface area contributed by atoms with Crippen LogP contribution in [0.2, 0.25) is 0 Å². The van der Waals surface area contributed by atoms with Gasteiger partial charge in [0.1, 0.15) is 5.75 Å². The molecule has 1 aromatic rings. The molecular weight excluding hydrogens is 342 g/mol. The van der Waals surface area contributed by atoms with Gasteiger partial charge in [0, 0.05) is 39.3 Å². The summed E-state index contributed by atoms with van der Waals surface area (Å²) in [5, 5.41) is 0. The number of sulfonamides is 1. The third kappa shape index (κ3) is 4.13. The molecule has 7 nitrogen and oxygen atoms in total. The highest BCUT2D eigenvalue weighted by Crippen LogP contribution is 2.26. The molecule has 0 spiro atoms. The van der Waals surface area contributed by atoms with Gasteiger partial charge < -0.3 is 14.5 Å². The average molecular weight is 369 g/mol. The van der Waals surface area contributed by atoms with E-state index in [9.17, 15) is 13.2 Å². The summed E-state index contributed by atoms with van der Waals surface area (Å²) in [5.74, 6) is 0.198. The van der Waals surface area contributed by atoms with Crippen LogP contribution in [-0.4, -0.2) is 81.9 Å². The van der Waals surface area contributed by atoms with E-state index in [1.54, 1.807) is 24.8 Å². The van der Waals surface area contributed by atoms with Crippen LogP contribution in [0.25, 0.3) is 0 Å². The summed E-state index contributed by atoms with van der Waals surface area (Å²) in [6.45, 7) is 7.18. The fraction of sp³-hybridized carbons (Fsp3) is 0.588. The molecule has 0 bridgehead atoms. The summed E-state index contributed by atoms with van der Waals surface area (Å²) in [6.07, 6.45) is 0. The molecule has 8 heteroatoms. The first-order valence-corrected chi connectivity index (χ1v) is 9.95. The lowest BCUT2D eigenvalue weighted by molar-refractivity contribution is 0.0660. The molecule has 0 saturated carbocycles. The minimum atomic E-state index is -3.62. The number of piperazine rings is 1. The van der Waals surface area contributed by atoms with Gasteiger partial charge in [0.25, 0.3) is 5.91 Å². The second-order valence-electron chi connectivity index (χ2n) is 6.05. The normalized spacial score (nSPS) is 16.3. The molecule has 2 rings (SSSR count). The van der Waals surface area contributed by atoms with E-state index in [-0.39, 0.29) is 10.8 Å². The number of carbonyl (C=O) groups excluding carboxylic acids is 1. The van der Waals surface area contributed by atoms with Crippen LogP contribution >= 0.6 is 0 Å². The van der Waals surface area contributed by atoms with Gasteiger partial charge in [-0.05, 0) is 25.2 Å². The maximum atomic E-state index is 12.9. The smallest absolute Gasteiger partial charge is 0.257 e. The van der Waals surface area contributed by atoms with E-state index in [1.807, 2.05) is 7.05 Å². The van der Waals surface area contributed by atoms with Crippen LogP contribution in [-0.2, 0) is 10.0 Å². The number of hydrogen-bond donors (Lipinski definition) is 0. The number of carbonyl (C=O) groups is 1. The second kappa shape index (κ2) is 8.16. The predicted octanol–water partition coefficient (Wildman–Crippen LogP) is 1.11. The number of ether oxygens (including phenoxy) is 1. The first-order valence-electron chi connectivity index (χ1n) is 8.51. The van der Waals surface area contributed by atoms with E-state index < -0.39 is 10.0 Å². The summed E-state index contributed by atoms with van der Waals surface area (Å²) in [5.41, 5.74) is 0.292. The molecule has 0 radical (unpaired) electrons. The van der Waals surface area contributed by atoms with Crippen LogP contribution in [0.4, 0.5) is 0 Å². The maximum absolute atomic E-state index is 12.9. The van der Waals surface area contributed by atoms with Crippen molar-refractivity contribution in [3.05, 3.63) is 23.8 Å². The van der Waals surface area contributed by atoms with E-state index in [1.165, 1.54) is 23.5 Å². The number of benzene rings is 1. The van der Waals surface area contributed by atoms with Gasteiger partial charge in [0.2, 0.25) is 10.0 Å². The fourth-order valence-electron chi connectivity index (χ4n) is 2.91. The molecule has 1 heterocycles. The Hall–Kier alpha value is -1.64. The largest absolute Gasteiger partial charge is 0.496 e. The lowest BCUT2D eigenvalue weighted by Crippen LogP contribution is -2.47. The van der Waals surface area contributed by atoms with Crippen LogP contribution in [0.1, 0.15) is 24.2 Å². The first-order chi connectivity index (χ1) is 11.8. The highest BCUT2D eigenvalue weighted by molar-refractivity contribution is 7.89. The predicted molar refractivity (Wildman–Crippen MR) is 96.5 cm³/mol. The van der Waals surface area contributed by atoms with Crippen molar-refractivity contribution in [2.24, 2.45) is 0 Å². The zero-order valence-corrected chi connectivity index (χ0v) is 16.2. The molecule has 1 amide bonds. The van der Waals surface area contributed by atoms with Gasteiger partial charge in [0.15, 0.2) is 0 Å². The number of nitrogens with zero attached hydrogens (tertiary/aromatic N) is 3.